The number of nitrogens with zero attached hydrogens (tertiary/aromatic N) is 2. The smallest absolute Gasteiger partial charge is 0.323 e. The van der Waals surface area contributed by atoms with Crippen molar-refractivity contribution in [2.75, 3.05) is 6.61 Å². The van der Waals surface area contributed by atoms with Crippen LogP contribution in [-0.4, -0.2) is 25.6 Å². The van der Waals surface area contributed by atoms with Gasteiger partial charge in [-0.05, 0) is 48.6 Å². The summed E-state index contributed by atoms with van der Waals surface area (Å²) in [6, 6.07) is 18.9. The van der Waals surface area contributed by atoms with E-state index in [2.05, 4.69) is 17.1 Å². The molecule has 2 aliphatic rings. The fourth-order valence-electron chi connectivity index (χ4n) is 4.52. The second kappa shape index (κ2) is 9.00. The molecule has 1 fully saturated rings. The number of ether oxygens (including phenoxy) is 2. The number of hydrogen-bond donors (Lipinski definition) is 0. The van der Waals surface area contributed by atoms with Crippen molar-refractivity contribution in [2.24, 2.45) is 0 Å². The van der Waals surface area contributed by atoms with Crippen molar-refractivity contribution in [1.29, 1.82) is 0 Å². The molecule has 1 saturated carbocycles. The molecule has 0 bridgehead atoms. The second-order valence-electron chi connectivity index (χ2n) is 8.46. The third-order valence-electron chi connectivity index (χ3n) is 6.25. The molecule has 6 nitrogen and oxygen atoms in total. The first kappa shape index (κ1) is 21.1. The zero-order valence-corrected chi connectivity index (χ0v) is 18.6. The molecule has 7 heteroatoms. The van der Waals surface area contributed by atoms with Crippen molar-refractivity contribution >= 4 is 11.2 Å². The number of fused-ring (bicyclic) bond motifs is 1. The molecule has 5 rings (SSSR count). The van der Waals surface area contributed by atoms with Gasteiger partial charge in [-0.15, -0.1) is 0 Å². The third kappa shape index (κ3) is 4.27. The van der Waals surface area contributed by atoms with Gasteiger partial charge in [0.25, 0.3) is 5.56 Å². The normalized spacial score (nSPS) is 21.5. The molecule has 1 aliphatic heterocycles. The summed E-state index contributed by atoms with van der Waals surface area (Å²) in [5.74, 6) is 1.34. The fraction of sp³-hybridized carbons (Fsp3) is 0.360. The number of benzene rings is 2. The van der Waals surface area contributed by atoms with Gasteiger partial charge < -0.3 is 14.0 Å². The van der Waals surface area contributed by atoms with Crippen LogP contribution in [0.1, 0.15) is 43.6 Å². The predicted octanol–water partition coefficient (Wildman–Crippen LogP) is 4.27. The Labute approximate surface area is 190 Å². The highest BCUT2D eigenvalue weighted by Gasteiger charge is 2.53. The van der Waals surface area contributed by atoms with E-state index in [4.69, 9.17) is 9.47 Å². The van der Waals surface area contributed by atoms with Crippen LogP contribution >= 0.6 is 0 Å². The molecule has 0 N–H and O–H groups in total. The first-order chi connectivity index (χ1) is 15.6. The Kier molecular flexibility index (Phi) is 5.93. The van der Waals surface area contributed by atoms with Crippen LogP contribution in [0.15, 0.2) is 76.6 Å². The maximum absolute atomic E-state index is 13.6. The maximum atomic E-state index is 13.6. The second-order valence-corrected chi connectivity index (χ2v) is 10.2. The van der Waals surface area contributed by atoms with E-state index in [1.165, 1.54) is 43.7 Å². The van der Waals surface area contributed by atoms with Crippen LogP contribution in [0.5, 0.6) is 11.8 Å². The monoisotopic (exact) mass is 450 g/mol. The molecule has 3 aromatic rings. The van der Waals surface area contributed by atoms with Crippen molar-refractivity contribution in [3.8, 4) is 11.8 Å². The Bertz CT molecular complexity index is 1110. The summed E-state index contributed by atoms with van der Waals surface area (Å²) in [6.45, 7) is 0.339. The fourth-order valence-corrected chi connectivity index (χ4v) is 5.93. The van der Waals surface area contributed by atoms with E-state index in [0.29, 0.717) is 16.6 Å². The van der Waals surface area contributed by atoms with E-state index in [1.807, 2.05) is 30.3 Å². The Morgan fingerprint density at radius 3 is 2.56 bits per heavy atom. The lowest BCUT2D eigenvalue weighted by Crippen LogP contribution is -2.49. The molecule has 2 atom stereocenters. The molecular weight excluding hydrogens is 424 g/mol. The molecule has 0 radical (unpaired) electrons. The van der Waals surface area contributed by atoms with Crippen molar-refractivity contribution in [2.45, 2.75) is 54.4 Å². The molecule has 1 aliphatic carbocycles. The van der Waals surface area contributed by atoms with Gasteiger partial charge >= 0.3 is 10.9 Å². The summed E-state index contributed by atoms with van der Waals surface area (Å²) in [6.07, 6.45) is 8.04. The molecule has 2 heterocycles. The Hall–Kier alpha value is -2.77. The summed E-state index contributed by atoms with van der Waals surface area (Å²) in [5, 5.41) is 0. The van der Waals surface area contributed by atoms with E-state index >= 15 is 0 Å². The van der Waals surface area contributed by atoms with Crippen LogP contribution in [0.2, 0.25) is 0 Å². The number of aromatic nitrogens is 2. The molecule has 2 unspecified atom stereocenters. The van der Waals surface area contributed by atoms with Gasteiger partial charge in [0.2, 0.25) is 0 Å². The van der Waals surface area contributed by atoms with E-state index in [-0.39, 0.29) is 19.2 Å². The Morgan fingerprint density at radius 1 is 1.06 bits per heavy atom. The standard InChI is InChI=1S/C25H26N2O4S/c28-23-15-16-27-17-25(31-24(27)26-23,32(29)22-9-5-2-6-10-22)18-30-21-13-11-20(12-14-21)19-7-3-1-4-8-19/h2,5-6,9-16,19H,1,3-4,7-8,17-18H2. The highest BCUT2D eigenvalue weighted by molar-refractivity contribution is 7.92. The van der Waals surface area contributed by atoms with Crippen LogP contribution in [0.25, 0.3) is 0 Å². The minimum absolute atomic E-state index is 0.0643. The van der Waals surface area contributed by atoms with Gasteiger partial charge in [-0.2, -0.15) is 4.98 Å². The average Bonchev–Trinajstić information content (AvgIpc) is 3.22. The van der Waals surface area contributed by atoms with E-state index in [0.717, 1.165) is 0 Å². The van der Waals surface area contributed by atoms with Crippen LogP contribution in [0, 0.1) is 0 Å². The zero-order chi connectivity index (χ0) is 22.0. The van der Waals surface area contributed by atoms with E-state index < -0.39 is 21.7 Å². The average molecular weight is 451 g/mol. The van der Waals surface area contributed by atoms with Crippen LogP contribution < -0.4 is 15.0 Å². The largest absolute Gasteiger partial charge is 0.608 e. The van der Waals surface area contributed by atoms with Gasteiger partial charge in [0.15, 0.2) is 11.5 Å². The van der Waals surface area contributed by atoms with Gasteiger partial charge in [-0.25, -0.2) is 0 Å². The van der Waals surface area contributed by atoms with Crippen LogP contribution in [0.4, 0.5) is 0 Å². The van der Waals surface area contributed by atoms with Crippen molar-refractivity contribution < 1.29 is 14.0 Å². The van der Waals surface area contributed by atoms with Crippen molar-refractivity contribution in [1.82, 2.24) is 9.55 Å². The number of hydrogen-bond acceptors (Lipinski definition) is 5. The first-order valence-electron chi connectivity index (χ1n) is 11.1. The lowest BCUT2D eigenvalue weighted by atomic mass is 9.84. The molecule has 166 valence electrons. The molecule has 32 heavy (non-hydrogen) atoms. The van der Waals surface area contributed by atoms with Crippen LogP contribution in [-0.2, 0) is 17.7 Å². The Balaban J connectivity index is 1.36. The van der Waals surface area contributed by atoms with Gasteiger partial charge in [-0.3, -0.25) is 9.36 Å². The highest BCUT2D eigenvalue weighted by Crippen LogP contribution is 2.37. The van der Waals surface area contributed by atoms with E-state index in [1.54, 1.807) is 22.9 Å². The van der Waals surface area contributed by atoms with Gasteiger partial charge in [0.05, 0.1) is 0 Å². The minimum Gasteiger partial charge on any atom is -0.608 e. The first-order valence-corrected chi connectivity index (χ1v) is 12.2. The summed E-state index contributed by atoms with van der Waals surface area (Å²) in [7, 11) is 0. The van der Waals surface area contributed by atoms with Crippen LogP contribution in [0.3, 0.4) is 0 Å². The minimum atomic E-state index is -1.54. The van der Waals surface area contributed by atoms with Crippen molar-refractivity contribution in [3.63, 3.8) is 0 Å². The summed E-state index contributed by atoms with van der Waals surface area (Å²) in [4.78, 5) is 15.1. The topological polar surface area (TPSA) is 76.4 Å². The van der Waals surface area contributed by atoms with Gasteiger partial charge in [0, 0.05) is 23.4 Å². The summed E-state index contributed by atoms with van der Waals surface area (Å²) >= 11 is -1.54. The third-order valence-corrected chi connectivity index (χ3v) is 7.95. The molecule has 0 amide bonds. The quantitative estimate of drug-likeness (QED) is 0.524. The van der Waals surface area contributed by atoms with E-state index in [9.17, 15) is 9.35 Å². The maximum Gasteiger partial charge on any atom is 0.323 e. The lowest BCUT2D eigenvalue weighted by molar-refractivity contribution is 0.104. The van der Waals surface area contributed by atoms with Crippen molar-refractivity contribution in [3.05, 3.63) is 82.8 Å². The Morgan fingerprint density at radius 2 is 1.81 bits per heavy atom. The van der Waals surface area contributed by atoms with Gasteiger partial charge in [0.1, 0.15) is 12.3 Å². The lowest BCUT2D eigenvalue weighted by Gasteiger charge is -2.29. The molecule has 2 aromatic carbocycles. The molecule has 0 saturated heterocycles. The zero-order valence-electron chi connectivity index (χ0n) is 17.8. The summed E-state index contributed by atoms with van der Waals surface area (Å²) < 4.78 is 27.5. The summed E-state index contributed by atoms with van der Waals surface area (Å²) in [5.41, 5.74) is 0.962. The predicted molar refractivity (Wildman–Crippen MR) is 122 cm³/mol. The molecular formula is C25H26N2O4S. The SMILES string of the molecule is O=c1ccn2c(n1)OC(COc1ccc(C3CCCCC3)cc1)([S+]([O-])c1ccccc1)C2. The molecule has 1 aromatic heterocycles. The highest BCUT2D eigenvalue weighted by atomic mass is 32.2. The van der Waals surface area contributed by atoms with Gasteiger partial charge in [-0.1, -0.05) is 49.6 Å². The number of rotatable bonds is 6. The molecule has 0 spiro atoms.